The normalized spacial score (nSPS) is 23.1. The second kappa shape index (κ2) is 11.1. The highest BCUT2D eigenvalue weighted by Crippen LogP contribution is 2.29. The Morgan fingerprint density at radius 2 is 1.69 bits per heavy atom. The minimum Gasteiger partial charge on any atom is -0.465 e. The molecule has 0 radical (unpaired) electrons. The van der Waals surface area contributed by atoms with Crippen LogP contribution in [0.1, 0.15) is 38.2 Å². The van der Waals surface area contributed by atoms with Gasteiger partial charge in [0, 0.05) is 62.6 Å². The Bertz CT molecular complexity index is 1010. The number of nitrogens with zero attached hydrogens (tertiary/aromatic N) is 3. The van der Waals surface area contributed by atoms with E-state index in [2.05, 4.69) is 22.3 Å². The van der Waals surface area contributed by atoms with Gasteiger partial charge in [-0.15, -0.1) is 0 Å². The molecule has 1 atom stereocenters. The SMILES string of the molecule is C[C@H]1CN(Cc2ccc(N(C)C(=O)C3CCC(Nc4ccc(F)cc4)CC3)cc2)CCN1C(=O)O. The topological polar surface area (TPSA) is 76.1 Å². The summed E-state index contributed by atoms with van der Waals surface area (Å²) in [4.78, 5) is 29.9. The van der Waals surface area contributed by atoms with Crippen molar-refractivity contribution in [2.24, 2.45) is 5.92 Å². The molecule has 2 aromatic carbocycles. The average Bonchev–Trinajstić information content (AvgIpc) is 2.85. The molecule has 0 aromatic heterocycles. The lowest BCUT2D eigenvalue weighted by atomic mass is 9.85. The molecule has 2 amide bonds. The fourth-order valence-corrected chi connectivity index (χ4v) is 5.21. The van der Waals surface area contributed by atoms with Crippen molar-refractivity contribution in [3.8, 4) is 0 Å². The predicted octanol–water partition coefficient (Wildman–Crippen LogP) is 4.64. The number of rotatable bonds is 6. The summed E-state index contributed by atoms with van der Waals surface area (Å²) in [7, 11) is 1.84. The van der Waals surface area contributed by atoms with Crippen LogP contribution in [0.3, 0.4) is 0 Å². The van der Waals surface area contributed by atoms with E-state index in [0.29, 0.717) is 19.1 Å². The van der Waals surface area contributed by atoms with Crippen molar-refractivity contribution < 1.29 is 19.1 Å². The van der Waals surface area contributed by atoms with Crippen molar-refractivity contribution in [3.05, 3.63) is 59.9 Å². The predicted molar refractivity (Wildman–Crippen MR) is 135 cm³/mol. The maximum atomic E-state index is 13.1. The minimum absolute atomic E-state index is 0.0120. The Balaban J connectivity index is 1.25. The van der Waals surface area contributed by atoms with Gasteiger partial charge in [0.1, 0.15) is 5.82 Å². The van der Waals surface area contributed by atoms with E-state index in [1.54, 1.807) is 17.0 Å². The standard InChI is InChI=1S/C27H35FN4O3/c1-19-17-31(15-16-32(19)27(34)35)18-20-3-13-25(14-4-20)30(2)26(33)21-5-9-23(10-6-21)29-24-11-7-22(28)8-12-24/h3-4,7-8,11-14,19,21,23,29H,5-6,9-10,15-18H2,1-2H3,(H,34,35)/t19-,21?,23?/m0/s1. The molecule has 1 heterocycles. The van der Waals surface area contributed by atoms with Gasteiger partial charge in [-0.3, -0.25) is 9.69 Å². The zero-order valence-electron chi connectivity index (χ0n) is 20.5. The number of anilines is 2. The van der Waals surface area contributed by atoms with Gasteiger partial charge in [0.15, 0.2) is 0 Å². The summed E-state index contributed by atoms with van der Waals surface area (Å²) < 4.78 is 13.1. The van der Waals surface area contributed by atoms with Crippen LogP contribution in [0.5, 0.6) is 0 Å². The highest BCUT2D eigenvalue weighted by atomic mass is 19.1. The van der Waals surface area contributed by atoms with Crippen LogP contribution in [-0.4, -0.2) is 65.7 Å². The fraction of sp³-hybridized carbons (Fsp3) is 0.481. The number of amides is 2. The zero-order chi connectivity index (χ0) is 24.9. The molecule has 8 heteroatoms. The third-order valence-corrected chi connectivity index (χ3v) is 7.31. The monoisotopic (exact) mass is 482 g/mol. The van der Waals surface area contributed by atoms with E-state index >= 15 is 0 Å². The molecule has 2 aliphatic rings. The first-order chi connectivity index (χ1) is 16.8. The van der Waals surface area contributed by atoms with Crippen molar-refractivity contribution in [2.45, 2.75) is 51.2 Å². The fourth-order valence-electron chi connectivity index (χ4n) is 5.21. The van der Waals surface area contributed by atoms with E-state index in [0.717, 1.165) is 55.7 Å². The number of carbonyl (C=O) groups excluding carboxylic acids is 1. The summed E-state index contributed by atoms with van der Waals surface area (Å²) in [6.45, 7) is 4.66. The summed E-state index contributed by atoms with van der Waals surface area (Å²) in [6.07, 6.45) is 2.63. The van der Waals surface area contributed by atoms with E-state index in [-0.39, 0.29) is 23.7 Å². The second-order valence-electron chi connectivity index (χ2n) is 9.82. The first kappa shape index (κ1) is 25.0. The molecule has 0 bridgehead atoms. The van der Waals surface area contributed by atoms with E-state index < -0.39 is 6.09 Å². The van der Waals surface area contributed by atoms with Crippen LogP contribution >= 0.6 is 0 Å². The minimum atomic E-state index is -0.855. The molecule has 2 N–H and O–H groups in total. The summed E-state index contributed by atoms with van der Waals surface area (Å²) in [5.41, 5.74) is 2.95. The van der Waals surface area contributed by atoms with Crippen LogP contribution in [-0.2, 0) is 11.3 Å². The van der Waals surface area contributed by atoms with Gasteiger partial charge in [-0.1, -0.05) is 12.1 Å². The van der Waals surface area contributed by atoms with Gasteiger partial charge in [-0.25, -0.2) is 9.18 Å². The zero-order valence-corrected chi connectivity index (χ0v) is 20.5. The molecular weight excluding hydrogens is 447 g/mol. The maximum Gasteiger partial charge on any atom is 0.407 e. The highest BCUT2D eigenvalue weighted by molar-refractivity contribution is 5.94. The number of carbonyl (C=O) groups is 2. The first-order valence-corrected chi connectivity index (χ1v) is 12.4. The highest BCUT2D eigenvalue weighted by Gasteiger charge is 2.29. The lowest BCUT2D eigenvalue weighted by molar-refractivity contribution is -0.123. The smallest absolute Gasteiger partial charge is 0.407 e. The molecule has 1 aliphatic carbocycles. The van der Waals surface area contributed by atoms with Crippen LogP contribution in [0.15, 0.2) is 48.5 Å². The third kappa shape index (κ3) is 6.31. The summed E-state index contributed by atoms with van der Waals surface area (Å²) in [6, 6.07) is 14.8. The third-order valence-electron chi connectivity index (χ3n) is 7.31. The van der Waals surface area contributed by atoms with E-state index in [9.17, 15) is 19.1 Å². The van der Waals surface area contributed by atoms with E-state index in [1.807, 2.05) is 26.1 Å². The number of nitrogens with one attached hydrogen (secondary N) is 1. The van der Waals surface area contributed by atoms with Crippen molar-refractivity contribution in [3.63, 3.8) is 0 Å². The number of piperazine rings is 1. The van der Waals surface area contributed by atoms with Gasteiger partial charge in [-0.2, -0.15) is 0 Å². The van der Waals surface area contributed by atoms with Crippen molar-refractivity contribution in [1.82, 2.24) is 9.80 Å². The molecule has 2 fully saturated rings. The van der Waals surface area contributed by atoms with Gasteiger partial charge < -0.3 is 20.2 Å². The number of benzene rings is 2. The summed E-state index contributed by atoms with van der Waals surface area (Å²) in [5, 5.41) is 12.7. The number of carboxylic acid groups (broad SMARTS) is 1. The van der Waals surface area contributed by atoms with E-state index in [1.165, 1.54) is 17.0 Å². The van der Waals surface area contributed by atoms with Crippen LogP contribution in [0.25, 0.3) is 0 Å². The van der Waals surface area contributed by atoms with Crippen LogP contribution in [0.4, 0.5) is 20.6 Å². The summed E-state index contributed by atoms with van der Waals surface area (Å²) in [5.74, 6) is -0.0799. The molecule has 35 heavy (non-hydrogen) atoms. The Hall–Kier alpha value is -3.13. The van der Waals surface area contributed by atoms with Crippen LogP contribution < -0.4 is 10.2 Å². The molecule has 1 aliphatic heterocycles. The van der Waals surface area contributed by atoms with Gasteiger partial charge in [0.05, 0.1) is 0 Å². The average molecular weight is 483 g/mol. The molecular formula is C27H35FN4O3. The Kier molecular flexibility index (Phi) is 7.90. The number of hydrogen-bond acceptors (Lipinski definition) is 4. The molecule has 0 spiro atoms. The van der Waals surface area contributed by atoms with Gasteiger partial charge >= 0.3 is 6.09 Å². The Morgan fingerprint density at radius 3 is 2.29 bits per heavy atom. The van der Waals surface area contributed by atoms with Crippen molar-refractivity contribution in [1.29, 1.82) is 0 Å². The summed E-state index contributed by atoms with van der Waals surface area (Å²) >= 11 is 0. The van der Waals surface area contributed by atoms with Crippen molar-refractivity contribution >= 4 is 23.4 Å². The largest absolute Gasteiger partial charge is 0.465 e. The number of halogens is 1. The lowest BCUT2D eigenvalue weighted by Crippen LogP contribution is -2.53. The van der Waals surface area contributed by atoms with E-state index in [4.69, 9.17) is 0 Å². The van der Waals surface area contributed by atoms with Crippen LogP contribution in [0, 0.1) is 11.7 Å². The molecule has 4 rings (SSSR count). The maximum absolute atomic E-state index is 13.1. The molecule has 2 aromatic rings. The Labute approximate surface area is 206 Å². The van der Waals surface area contributed by atoms with Crippen molar-refractivity contribution in [2.75, 3.05) is 36.9 Å². The lowest BCUT2D eigenvalue weighted by Gasteiger charge is -2.38. The van der Waals surface area contributed by atoms with Gasteiger partial charge in [0.25, 0.3) is 0 Å². The molecule has 1 saturated carbocycles. The molecule has 7 nitrogen and oxygen atoms in total. The van der Waals surface area contributed by atoms with Crippen LogP contribution in [0.2, 0.25) is 0 Å². The van der Waals surface area contributed by atoms with Gasteiger partial charge in [-0.05, 0) is 74.6 Å². The quantitative estimate of drug-likeness (QED) is 0.627. The second-order valence-corrected chi connectivity index (χ2v) is 9.82. The molecule has 188 valence electrons. The first-order valence-electron chi connectivity index (χ1n) is 12.4. The van der Waals surface area contributed by atoms with Gasteiger partial charge in [0.2, 0.25) is 5.91 Å². The Morgan fingerprint density at radius 1 is 1.03 bits per heavy atom. The molecule has 1 saturated heterocycles. The molecule has 0 unspecified atom stereocenters. The number of hydrogen-bond donors (Lipinski definition) is 2.